The Bertz CT molecular complexity index is 1120. The van der Waals surface area contributed by atoms with E-state index in [0.717, 1.165) is 11.3 Å². The number of hydrogen-bond donors (Lipinski definition) is 3. The predicted molar refractivity (Wildman–Crippen MR) is 132 cm³/mol. The number of aryl methyl sites for hydroxylation is 1. The van der Waals surface area contributed by atoms with Crippen LogP contribution in [0.2, 0.25) is 0 Å². The number of hydrogen-bond acceptors (Lipinski definition) is 5. The van der Waals surface area contributed by atoms with E-state index in [1.54, 1.807) is 36.4 Å². The van der Waals surface area contributed by atoms with Gasteiger partial charge in [-0.1, -0.05) is 29.8 Å². The van der Waals surface area contributed by atoms with E-state index in [1.165, 1.54) is 18.9 Å². The number of carbonyl (C=O) groups is 3. The largest absolute Gasteiger partial charge is 0.375 e. The third-order valence-electron chi connectivity index (χ3n) is 4.53. The number of nitrogens with one attached hydrogen (secondary N) is 3. The molecule has 3 aromatic carbocycles. The van der Waals surface area contributed by atoms with E-state index in [1.807, 2.05) is 43.3 Å². The van der Waals surface area contributed by atoms with Crippen molar-refractivity contribution in [2.75, 3.05) is 35.4 Å². The maximum Gasteiger partial charge on any atom is 0.256 e. The first-order valence-electron chi connectivity index (χ1n) is 10.2. The lowest BCUT2D eigenvalue weighted by atomic mass is 10.2. The molecule has 0 fully saturated rings. The standard InChI is InChI=1S/C25H25N3O4S/c1-17-7-9-18(10-8-17)27-24(30)16-33-22-6-4-3-5-21(22)25(31)28-20-13-11-19(12-14-20)26-23(29)15-32-2/h3-14H,15-16H2,1-2H3,(H,26,29)(H,27,30)(H,28,31). The van der Waals surface area contributed by atoms with Crippen LogP contribution in [0.5, 0.6) is 0 Å². The number of methoxy groups -OCH3 is 1. The number of carbonyl (C=O) groups excluding carboxylic acids is 3. The second-order valence-corrected chi connectivity index (χ2v) is 8.23. The predicted octanol–water partition coefficient (Wildman–Crippen LogP) is 4.56. The molecule has 7 nitrogen and oxygen atoms in total. The van der Waals surface area contributed by atoms with Gasteiger partial charge < -0.3 is 20.7 Å². The number of ether oxygens (including phenoxy) is 1. The number of anilines is 3. The molecular formula is C25H25N3O4S. The van der Waals surface area contributed by atoms with E-state index >= 15 is 0 Å². The molecular weight excluding hydrogens is 438 g/mol. The van der Waals surface area contributed by atoms with Gasteiger partial charge in [-0.25, -0.2) is 0 Å². The van der Waals surface area contributed by atoms with Gasteiger partial charge in [0.15, 0.2) is 0 Å². The maximum atomic E-state index is 12.8. The van der Waals surface area contributed by atoms with Crippen molar-refractivity contribution in [3.05, 3.63) is 83.9 Å². The fourth-order valence-corrected chi connectivity index (χ4v) is 3.77. The van der Waals surface area contributed by atoms with Crippen LogP contribution in [-0.2, 0) is 14.3 Å². The third-order valence-corrected chi connectivity index (χ3v) is 5.60. The normalized spacial score (nSPS) is 10.4. The molecule has 3 N–H and O–H groups in total. The van der Waals surface area contributed by atoms with Crippen molar-refractivity contribution >= 4 is 46.5 Å². The summed E-state index contributed by atoms with van der Waals surface area (Å²) in [7, 11) is 1.45. The molecule has 0 saturated heterocycles. The van der Waals surface area contributed by atoms with Crippen molar-refractivity contribution in [2.24, 2.45) is 0 Å². The minimum Gasteiger partial charge on any atom is -0.375 e. The first-order chi connectivity index (χ1) is 15.9. The SMILES string of the molecule is COCC(=O)Nc1ccc(NC(=O)c2ccccc2SCC(=O)Nc2ccc(C)cc2)cc1. The van der Waals surface area contributed by atoms with Gasteiger partial charge in [0, 0.05) is 29.1 Å². The van der Waals surface area contributed by atoms with Gasteiger partial charge in [0.25, 0.3) is 5.91 Å². The third kappa shape index (κ3) is 7.48. The Labute approximate surface area is 196 Å². The maximum absolute atomic E-state index is 12.8. The molecule has 3 aromatic rings. The van der Waals surface area contributed by atoms with Crippen LogP contribution in [0.3, 0.4) is 0 Å². The highest BCUT2D eigenvalue weighted by molar-refractivity contribution is 8.00. The van der Waals surface area contributed by atoms with Crippen LogP contribution in [0.1, 0.15) is 15.9 Å². The average Bonchev–Trinajstić information content (AvgIpc) is 2.81. The van der Waals surface area contributed by atoms with Crippen LogP contribution in [0.15, 0.2) is 77.7 Å². The molecule has 0 spiro atoms. The fourth-order valence-electron chi connectivity index (χ4n) is 2.92. The second kappa shape index (κ2) is 11.8. The highest BCUT2D eigenvalue weighted by Gasteiger charge is 2.13. The Morgan fingerprint density at radius 1 is 0.758 bits per heavy atom. The van der Waals surface area contributed by atoms with Gasteiger partial charge in [-0.15, -0.1) is 11.8 Å². The quantitative estimate of drug-likeness (QED) is 0.404. The minimum absolute atomic E-state index is 0.0318. The van der Waals surface area contributed by atoms with Crippen LogP contribution in [-0.4, -0.2) is 37.2 Å². The van der Waals surface area contributed by atoms with E-state index < -0.39 is 0 Å². The Morgan fingerprint density at radius 3 is 1.94 bits per heavy atom. The van der Waals surface area contributed by atoms with Crippen molar-refractivity contribution in [3.63, 3.8) is 0 Å². The molecule has 0 radical (unpaired) electrons. The van der Waals surface area contributed by atoms with E-state index in [0.29, 0.717) is 21.8 Å². The summed E-state index contributed by atoms with van der Waals surface area (Å²) in [6, 6.07) is 21.5. The Hall–Kier alpha value is -3.62. The lowest BCUT2D eigenvalue weighted by Crippen LogP contribution is -2.17. The van der Waals surface area contributed by atoms with Crippen LogP contribution in [0, 0.1) is 6.92 Å². The van der Waals surface area contributed by atoms with Crippen molar-refractivity contribution < 1.29 is 19.1 Å². The summed E-state index contributed by atoms with van der Waals surface area (Å²) < 4.78 is 4.78. The lowest BCUT2D eigenvalue weighted by Gasteiger charge is -2.11. The van der Waals surface area contributed by atoms with Gasteiger partial charge in [0.2, 0.25) is 11.8 Å². The van der Waals surface area contributed by atoms with E-state index in [-0.39, 0.29) is 30.1 Å². The molecule has 170 valence electrons. The first-order valence-corrected chi connectivity index (χ1v) is 11.2. The summed E-state index contributed by atoms with van der Waals surface area (Å²) in [4.78, 5) is 37.5. The minimum atomic E-state index is -0.284. The Kier molecular flexibility index (Phi) is 8.63. The fraction of sp³-hybridized carbons (Fsp3) is 0.160. The molecule has 0 aliphatic rings. The zero-order valence-electron chi connectivity index (χ0n) is 18.4. The zero-order chi connectivity index (χ0) is 23.6. The number of thioether (sulfide) groups is 1. The number of benzene rings is 3. The highest BCUT2D eigenvalue weighted by Crippen LogP contribution is 2.24. The van der Waals surface area contributed by atoms with E-state index in [2.05, 4.69) is 16.0 Å². The van der Waals surface area contributed by atoms with Crippen LogP contribution < -0.4 is 16.0 Å². The summed E-state index contributed by atoms with van der Waals surface area (Å²) in [5.41, 5.74) is 3.52. The van der Waals surface area contributed by atoms with Gasteiger partial charge in [-0.05, 0) is 55.5 Å². The van der Waals surface area contributed by atoms with Crippen LogP contribution >= 0.6 is 11.8 Å². The number of rotatable bonds is 9. The van der Waals surface area contributed by atoms with Crippen molar-refractivity contribution in [2.45, 2.75) is 11.8 Å². The molecule has 0 aliphatic carbocycles. The van der Waals surface area contributed by atoms with Gasteiger partial charge in [0.05, 0.1) is 11.3 Å². The Balaban J connectivity index is 1.58. The van der Waals surface area contributed by atoms with Gasteiger partial charge in [-0.2, -0.15) is 0 Å². The van der Waals surface area contributed by atoms with Crippen molar-refractivity contribution in [1.29, 1.82) is 0 Å². The topological polar surface area (TPSA) is 96.5 Å². The summed E-state index contributed by atoms with van der Waals surface area (Å²) >= 11 is 1.30. The highest BCUT2D eigenvalue weighted by atomic mass is 32.2. The Morgan fingerprint density at radius 2 is 1.30 bits per heavy atom. The van der Waals surface area contributed by atoms with Crippen molar-refractivity contribution in [1.82, 2.24) is 0 Å². The van der Waals surface area contributed by atoms with Gasteiger partial charge in [0.1, 0.15) is 6.61 Å². The molecule has 8 heteroatoms. The molecule has 0 aromatic heterocycles. The summed E-state index contributed by atoms with van der Waals surface area (Å²) in [6.45, 7) is 1.95. The van der Waals surface area contributed by atoms with Crippen LogP contribution in [0.4, 0.5) is 17.1 Å². The molecule has 0 saturated carbocycles. The van der Waals surface area contributed by atoms with Gasteiger partial charge in [-0.3, -0.25) is 14.4 Å². The zero-order valence-corrected chi connectivity index (χ0v) is 19.2. The molecule has 0 unspecified atom stereocenters. The molecule has 0 bridgehead atoms. The number of amides is 3. The summed E-state index contributed by atoms with van der Waals surface area (Å²) in [5, 5.41) is 8.40. The smallest absolute Gasteiger partial charge is 0.256 e. The van der Waals surface area contributed by atoms with Crippen LogP contribution in [0.25, 0.3) is 0 Å². The first kappa shape index (κ1) is 24.0. The summed E-state index contributed by atoms with van der Waals surface area (Å²) in [6.07, 6.45) is 0. The van der Waals surface area contributed by atoms with E-state index in [4.69, 9.17) is 4.74 Å². The molecule has 33 heavy (non-hydrogen) atoms. The van der Waals surface area contributed by atoms with Crippen molar-refractivity contribution in [3.8, 4) is 0 Å². The molecule has 3 rings (SSSR count). The monoisotopic (exact) mass is 463 g/mol. The molecule has 0 heterocycles. The molecule has 0 aliphatic heterocycles. The second-order valence-electron chi connectivity index (χ2n) is 7.21. The molecule has 0 atom stereocenters. The molecule has 3 amide bonds. The lowest BCUT2D eigenvalue weighted by molar-refractivity contribution is -0.119. The van der Waals surface area contributed by atoms with Gasteiger partial charge >= 0.3 is 0 Å². The average molecular weight is 464 g/mol. The summed E-state index contributed by atoms with van der Waals surface area (Å²) in [5.74, 6) is -0.515. The van der Waals surface area contributed by atoms with E-state index in [9.17, 15) is 14.4 Å².